The van der Waals surface area contributed by atoms with E-state index in [1.54, 1.807) is 37.2 Å². The average molecular weight is 288 g/mol. The number of halogens is 2. The Bertz CT molecular complexity index is 557. The highest BCUT2D eigenvalue weighted by molar-refractivity contribution is 6.32. The molecule has 0 amide bonds. The summed E-state index contributed by atoms with van der Waals surface area (Å²) in [6.07, 6.45) is 1.55. The summed E-state index contributed by atoms with van der Waals surface area (Å²) in [5.74, 6) is 1.99. The van der Waals surface area contributed by atoms with E-state index in [1.165, 1.54) is 0 Å². The van der Waals surface area contributed by atoms with Gasteiger partial charge in [0.05, 0.1) is 30.8 Å². The van der Waals surface area contributed by atoms with Gasteiger partial charge in [-0.25, -0.2) is 0 Å². The van der Waals surface area contributed by atoms with Crippen LogP contribution in [0, 0.1) is 0 Å². The molecule has 0 aliphatic carbocycles. The van der Waals surface area contributed by atoms with Crippen molar-refractivity contribution >= 4 is 23.2 Å². The second-order valence-electron chi connectivity index (χ2n) is 3.41. The van der Waals surface area contributed by atoms with E-state index in [9.17, 15) is 0 Å². The van der Waals surface area contributed by atoms with Crippen LogP contribution in [0.25, 0.3) is 5.69 Å². The third-order valence-corrected chi connectivity index (χ3v) is 2.99. The van der Waals surface area contributed by atoms with Crippen molar-refractivity contribution in [3.05, 3.63) is 29.3 Å². The Kier molecular flexibility index (Phi) is 3.93. The van der Waals surface area contributed by atoms with E-state index in [2.05, 4.69) is 10.2 Å². The molecular formula is C11H11Cl2N3O2. The standard InChI is InChI=1S/C11H11Cl2N3O2/c1-17-9-4-10(18-2)8(3-7(9)13)16-6-14-15-11(16)5-12/h3-4,6H,5H2,1-2H3. The van der Waals surface area contributed by atoms with Crippen LogP contribution in [-0.4, -0.2) is 29.0 Å². The van der Waals surface area contributed by atoms with Crippen LogP contribution in [-0.2, 0) is 5.88 Å². The molecule has 0 saturated heterocycles. The van der Waals surface area contributed by atoms with Crippen molar-refractivity contribution in [2.75, 3.05) is 14.2 Å². The van der Waals surface area contributed by atoms with Crippen molar-refractivity contribution in [1.82, 2.24) is 14.8 Å². The molecule has 1 heterocycles. The van der Waals surface area contributed by atoms with Gasteiger partial charge in [-0.15, -0.1) is 21.8 Å². The third-order valence-electron chi connectivity index (χ3n) is 2.45. The van der Waals surface area contributed by atoms with E-state index in [1.807, 2.05) is 0 Å². The largest absolute Gasteiger partial charge is 0.495 e. The monoisotopic (exact) mass is 287 g/mol. The summed E-state index contributed by atoms with van der Waals surface area (Å²) in [6.45, 7) is 0. The van der Waals surface area contributed by atoms with Gasteiger partial charge in [0.2, 0.25) is 0 Å². The highest BCUT2D eigenvalue weighted by atomic mass is 35.5. The van der Waals surface area contributed by atoms with Crippen LogP contribution in [0.1, 0.15) is 5.82 Å². The maximum atomic E-state index is 6.10. The molecule has 0 fully saturated rings. The first-order valence-corrected chi connectivity index (χ1v) is 5.99. The van der Waals surface area contributed by atoms with E-state index in [-0.39, 0.29) is 5.88 Å². The van der Waals surface area contributed by atoms with Crippen LogP contribution < -0.4 is 9.47 Å². The van der Waals surface area contributed by atoms with Crippen LogP contribution in [0.15, 0.2) is 18.5 Å². The van der Waals surface area contributed by atoms with Crippen LogP contribution in [0.4, 0.5) is 0 Å². The maximum absolute atomic E-state index is 6.10. The van der Waals surface area contributed by atoms with Gasteiger partial charge in [-0.3, -0.25) is 4.57 Å². The first-order chi connectivity index (χ1) is 8.71. The van der Waals surface area contributed by atoms with Gasteiger partial charge < -0.3 is 9.47 Å². The molecule has 0 aliphatic heterocycles. The molecule has 2 aromatic rings. The molecule has 2 rings (SSSR count). The predicted octanol–water partition coefficient (Wildman–Crippen LogP) is 2.68. The topological polar surface area (TPSA) is 49.2 Å². The van der Waals surface area contributed by atoms with Gasteiger partial charge in [-0.05, 0) is 6.07 Å². The number of benzene rings is 1. The number of ether oxygens (including phenoxy) is 2. The van der Waals surface area contributed by atoms with Crippen molar-refractivity contribution in [2.45, 2.75) is 5.88 Å². The summed E-state index contributed by atoms with van der Waals surface area (Å²) in [5.41, 5.74) is 0.712. The molecule has 5 nitrogen and oxygen atoms in total. The zero-order valence-corrected chi connectivity index (χ0v) is 11.4. The summed E-state index contributed by atoms with van der Waals surface area (Å²) in [7, 11) is 3.11. The molecule has 0 N–H and O–H groups in total. The van der Waals surface area contributed by atoms with Gasteiger partial charge in [0.25, 0.3) is 0 Å². The molecular weight excluding hydrogens is 277 g/mol. The number of methoxy groups -OCH3 is 2. The van der Waals surface area contributed by atoms with E-state index >= 15 is 0 Å². The van der Waals surface area contributed by atoms with Crippen LogP contribution >= 0.6 is 23.2 Å². The maximum Gasteiger partial charge on any atom is 0.152 e. The molecule has 0 bridgehead atoms. The highest BCUT2D eigenvalue weighted by Crippen LogP contribution is 2.35. The fourth-order valence-corrected chi connectivity index (χ4v) is 2.00. The molecule has 0 unspecified atom stereocenters. The highest BCUT2D eigenvalue weighted by Gasteiger charge is 2.14. The number of alkyl halides is 1. The first kappa shape index (κ1) is 13.0. The molecule has 18 heavy (non-hydrogen) atoms. The lowest BCUT2D eigenvalue weighted by molar-refractivity contribution is 0.393. The zero-order valence-electron chi connectivity index (χ0n) is 9.85. The fraction of sp³-hybridized carbons (Fsp3) is 0.273. The molecule has 0 radical (unpaired) electrons. The summed E-state index contributed by atoms with van der Waals surface area (Å²) in [6, 6.07) is 3.42. The summed E-state index contributed by atoms with van der Waals surface area (Å²) >= 11 is 11.9. The van der Waals surface area contributed by atoms with Gasteiger partial charge in [0.15, 0.2) is 5.82 Å². The zero-order chi connectivity index (χ0) is 13.1. The van der Waals surface area contributed by atoms with Crippen LogP contribution in [0.3, 0.4) is 0 Å². The predicted molar refractivity (Wildman–Crippen MR) is 69.0 cm³/mol. The fourth-order valence-electron chi connectivity index (χ4n) is 1.58. The van der Waals surface area contributed by atoms with Gasteiger partial charge in [0.1, 0.15) is 17.8 Å². The minimum absolute atomic E-state index is 0.243. The van der Waals surface area contributed by atoms with Gasteiger partial charge >= 0.3 is 0 Å². The second kappa shape index (κ2) is 5.46. The Balaban J connectivity index is 2.60. The van der Waals surface area contributed by atoms with Crippen molar-refractivity contribution in [3.63, 3.8) is 0 Å². The molecule has 96 valence electrons. The van der Waals surface area contributed by atoms with Gasteiger partial charge in [-0.2, -0.15) is 0 Å². The lowest BCUT2D eigenvalue weighted by Gasteiger charge is -2.13. The second-order valence-corrected chi connectivity index (χ2v) is 4.08. The Morgan fingerprint density at radius 1 is 1.22 bits per heavy atom. The van der Waals surface area contributed by atoms with Crippen LogP contribution in [0.2, 0.25) is 5.02 Å². The molecule has 7 heteroatoms. The lowest BCUT2D eigenvalue weighted by Crippen LogP contribution is -2.02. The molecule has 0 aliphatic rings. The van der Waals surface area contributed by atoms with E-state index in [0.717, 1.165) is 0 Å². The first-order valence-electron chi connectivity index (χ1n) is 5.08. The summed E-state index contributed by atoms with van der Waals surface area (Å²) < 4.78 is 12.2. The lowest BCUT2D eigenvalue weighted by atomic mass is 10.2. The number of rotatable bonds is 4. The van der Waals surface area contributed by atoms with Crippen molar-refractivity contribution < 1.29 is 9.47 Å². The number of hydrogen-bond donors (Lipinski definition) is 0. The Morgan fingerprint density at radius 3 is 2.56 bits per heavy atom. The van der Waals surface area contributed by atoms with Crippen molar-refractivity contribution in [3.8, 4) is 17.2 Å². The normalized spacial score (nSPS) is 10.4. The van der Waals surface area contributed by atoms with E-state index in [0.29, 0.717) is 28.0 Å². The minimum Gasteiger partial charge on any atom is -0.495 e. The average Bonchev–Trinajstić information content (AvgIpc) is 2.86. The molecule has 0 saturated carbocycles. The number of hydrogen-bond acceptors (Lipinski definition) is 4. The quantitative estimate of drug-likeness (QED) is 0.812. The summed E-state index contributed by atoms with van der Waals surface area (Å²) in [5, 5.41) is 8.20. The Hall–Kier alpha value is -1.46. The van der Waals surface area contributed by atoms with Crippen molar-refractivity contribution in [2.24, 2.45) is 0 Å². The van der Waals surface area contributed by atoms with Gasteiger partial charge in [-0.1, -0.05) is 11.6 Å². The molecule has 1 aromatic carbocycles. The Morgan fingerprint density at radius 2 is 1.94 bits per heavy atom. The molecule has 1 aromatic heterocycles. The SMILES string of the molecule is COc1cc(OC)c(-n2cnnc2CCl)cc1Cl. The summed E-state index contributed by atoms with van der Waals surface area (Å²) in [4.78, 5) is 0. The number of nitrogens with zero attached hydrogens (tertiary/aromatic N) is 3. The minimum atomic E-state index is 0.243. The van der Waals surface area contributed by atoms with E-state index < -0.39 is 0 Å². The van der Waals surface area contributed by atoms with E-state index in [4.69, 9.17) is 32.7 Å². The van der Waals surface area contributed by atoms with Gasteiger partial charge in [0, 0.05) is 6.07 Å². The number of aromatic nitrogens is 3. The smallest absolute Gasteiger partial charge is 0.152 e. The third kappa shape index (κ3) is 2.23. The molecule has 0 atom stereocenters. The van der Waals surface area contributed by atoms with Crippen LogP contribution in [0.5, 0.6) is 11.5 Å². The van der Waals surface area contributed by atoms with Crippen molar-refractivity contribution in [1.29, 1.82) is 0 Å². The molecule has 0 spiro atoms. The Labute approximate surface area is 114 Å².